The summed E-state index contributed by atoms with van der Waals surface area (Å²) in [4.78, 5) is 0. The summed E-state index contributed by atoms with van der Waals surface area (Å²) >= 11 is 2.26. The van der Waals surface area contributed by atoms with E-state index >= 15 is 0 Å². The van der Waals surface area contributed by atoms with Gasteiger partial charge in [-0.15, -0.1) is 0 Å². The van der Waals surface area contributed by atoms with Gasteiger partial charge in [-0.1, -0.05) is 40.0 Å². The van der Waals surface area contributed by atoms with Gasteiger partial charge in [0.2, 0.25) is 0 Å². The van der Waals surface area contributed by atoms with Crippen molar-refractivity contribution in [2.45, 2.75) is 64.0 Å². The Kier molecular flexibility index (Phi) is 4.64. The predicted octanol–water partition coefficient (Wildman–Crippen LogP) is 4.49. The summed E-state index contributed by atoms with van der Waals surface area (Å²) in [5, 5.41) is 0. The van der Waals surface area contributed by atoms with E-state index < -0.39 is 0 Å². The molecule has 1 aliphatic heterocycles. The van der Waals surface area contributed by atoms with E-state index in [1.165, 1.54) is 44.3 Å². The topological polar surface area (TPSA) is 0 Å². The second kappa shape index (κ2) is 5.29. The fourth-order valence-electron chi connectivity index (χ4n) is 2.29. The molecule has 0 bridgehead atoms. The highest BCUT2D eigenvalue weighted by atomic mass is 32.2. The molecule has 1 rings (SSSR count). The van der Waals surface area contributed by atoms with Crippen molar-refractivity contribution in [2.24, 2.45) is 5.92 Å². The highest BCUT2D eigenvalue weighted by molar-refractivity contribution is 8.00. The van der Waals surface area contributed by atoms with Crippen LogP contribution in [0.3, 0.4) is 0 Å². The van der Waals surface area contributed by atoms with E-state index in [0.29, 0.717) is 4.75 Å². The minimum absolute atomic E-state index is 0.647. The number of thioether (sulfide) groups is 1. The maximum Gasteiger partial charge on any atom is 0.0183 e. The fourth-order valence-corrected chi connectivity index (χ4v) is 3.96. The summed E-state index contributed by atoms with van der Waals surface area (Å²) < 4.78 is 0.647. The quantitative estimate of drug-likeness (QED) is 0.644. The van der Waals surface area contributed by atoms with Crippen LogP contribution in [0.1, 0.15) is 59.3 Å². The summed E-state index contributed by atoms with van der Waals surface area (Å²) in [5.41, 5.74) is 0. The van der Waals surface area contributed by atoms with Crippen LogP contribution in [0.15, 0.2) is 0 Å². The zero-order valence-electron chi connectivity index (χ0n) is 9.44. The average Bonchev–Trinajstić information content (AvgIpc) is 2.16. The molecule has 0 aromatic rings. The second-order valence-corrected chi connectivity index (χ2v) is 6.14. The molecule has 0 aliphatic carbocycles. The molecular weight excluding hydrogens is 176 g/mol. The van der Waals surface area contributed by atoms with Crippen molar-refractivity contribution in [3.05, 3.63) is 0 Å². The van der Waals surface area contributed by atoms with Crippen LogP contribution >= 0.6 is 11.8 Å². The van der Waals surface area contributed by atoms with Gasteiger partial charge in [0, 0.05) is 4.75 Å². The van der Waals surface area contributed by atoms with Crippen LogP contribution in [-0.4, -0.2) is 10.5 Å². The van der Waals surface area contributed by atoms with E-state index in [2.05, 4.69) is 32.5 Å². The lowest BCUT2D eigenvalue weighted by Gasteiger charge is -2.40. The lowest BCUT2D eigenvalue weighted by molar-refractivity contribution is 0.355. The molecule has 1 unspecified atom stereocenters. The minimum atomic E-state index is 0.647. The van der Waals surface area contributed by atoms with Gasteiger partial charge in [0.15, 0.2) is 0 Å². The molecule has 1 saturated heterocycles. The Morgan fingerprint density at radius 2 is 2.08 bits per heavy atom. The lowest BCUT2D eigenvalue weighted by Crippen LogP contribution is -2.34. The normalized spacial score (nSPS) is 29.5. The van der Waals surface area contributed by atoms with Crippen molar-refractivity contribution in [3.8, 4) is 0 Å². The molecule has 1 atom stereocenters. The van der Waals surface area contributed by atoms with Crippen molar-refractivity contribution in [3.63, 3.8) is 0 Å². The van der Waals surface area contributed by atoms with E-state index in [1.54, 1.807) is 0 Å². The van der Waals surface area contributed by atoms with Crippen molar-refractivity contribution in [1.82, 2.24) is 0 Å². The molecule has 0 spiro atoms. The van der Waals surface area contributed by atoms with Gasteiger partial charge in [0.05, 0.1) is 0 Å². The van der Waals surface area contributed by atoms with Gasteiger partial charge >= 0.3 is 0 Å². The summed E-state index contributed by atoms with van der Waals surface area (Å²) in [5.74, 6) is 2.27. The van der Waals surface area contributed by atoms with Gasteiger partial charge in [0.1, 0.15) is 0 Å². The van der Waals surface area contributed by atoms with Crippen LogP contribution < -0.4 is 0 Å². The molecule has 1 fully saturated rings. The molecule has 1 aliphatic rings. The molecule has 13 heavy (non-hydrogen) atoms. The average molecular weight is 200 g/mol. The third-order valence-electron chi connectivity index (χ3n) is 3.39. The monoisotopic (exact) mass is 200 g/mol. The SMILES string of the molecule is CCCCC1(C(C)C)CCCCS1. The Bertz CT molecular complexity index is 134. The van der Waals surface area contributed by atoms with Crippen LogP contribution in [0.4, 0.5) is 0 Å². The van der Waals surface area contributed by atoms with Crippen LogP contribution in [0, 0.1) is 5.92 Å². The molecule has 0 N–H and O–H groups in total. The van der Waals surface area contributed by atoms with Crippen LogP contribution in [0.2, 0.25) is 0 Å². The molecule has 0 aromatic heterocycles. The van der Waals surface area contributed by atoms with Gasteiger partial charge in [-0.2, -0.15) is 11.8 Å². The van der Waals surface area contributed by atoms with Crippen LogP contribution in [-0.2, 0) is 0 Å². The number of hydrogen-bond donors (Lipinski definition) is 0. The summed E-state index contributed by atoms with van der Waals surface area (Å²) in [7, 11) is 0. The zero-order chi connectivity index (χ0) is 9.73. The first kappa shape index (κ1) is 11.4. The highest BCUT2D eigenvalue weighted by Gasteiger charge is 2.34. The largest absolute Gasteiger partial charge is 0.155 e. The highest BCUT2D eigenvalue weighted by Crippen LogP contribution is 2.45. The van der Waals surface area contributed by atoms with E-state index in [4.69, 9.17) is 0 Å². The molecule has 0 aromatic carbocycles. The molecule has 0 saturated carbocycles. The van der Waals surface area contributed by atoms with Crippen molar-refractivity contribution in [1.29, 1.82) is 0 Å². The Morgan fingerprint density at radius 1 is 1.31 bits per heavy atom. The first-order valence-corrected chi connectivity index (χ1v) is 6.84. The van der Waals surface area contributed by atoms with Crippen LogP contribution in [0.25, 0.3) is 0 Å². The Morgan fingerprint density at radius 3 is 2.54 bits per heavy atom. The molecule has 1 heteroatoms. The van der Waals surface area contributed by atoms with Gasteiger partial charge in [-0.05, 0) is 30.9 Å². The van der Waals surface area contributed by atoms with Crippen molar-refractivity contribution >= 4 is 11.8 Å². The summed E-state index contributed by atoms with van der Waals surface area (Å²) in [6, 6.07) is 0. The Labute approximate surface area is 87.9 Å². The van der Waals surface area contributed by atoms with Gasteiger partial charge in [-0.25, -0.2) is 0 Å². The molecular formula is C12H24S. The molecule has 78 valence electrons. The number of unbranched alkanes of at least 4 members (excludes halogenated alkanes) is 1. The smallest absolute Gasteiger partial charge is 0.0183 e. The van der Waals surface area contributed by atoms with Gasteiger partial charge in [0.25, 0.3) is 0 Å². The lowest BCUT2D eigenvalue weighted by atomic mass is 9.85. The standard InChI is InChI=1S/C12H24S/c1-4-5-8-12(11(2)3)9-6-7-10-13-12/h11H,4-10H2,1-3H3. The van der Waals surface area contributed by atoms with Gasteiger partial charge < -0.3 is 0 Å². The van der Waals surface area contributed by atoms with E-state index in [0.717, 1.165) is 5.92 Å². The predicted molar refractivity (Wildman–Crippen MR) is 63.4 cm³/mol. The van der Waals surface area contributed by atoms with Crippen molar-refractivity contribution in [2.75, 3.05) is 5.75 Å². The fraction of sp³-hybridized carbons (Fsp3) is 1.00. The summed E-state index contributed by atoms with van der Waals surface area (Å²) in [6.07, 6.45) is 8.61. The zero-order valence-corrected chi connectivity index (χ0v) is 10.3. The second-order valence-electron chi connectivity index (χ2n) is 4.63. The Balaban J connectivity index is 2.51. The third-order valence-corrected chi connectivity index (χ3v) is 5.34. The molecule has 0 amide bonds. The molecule has 0 nitrogen and oxygen atoms in total. The maximum atomic E-state index is 2.41. The van der Waals surface area contributed by atoms with Gasteiger partial charge in [-0.3, -0.25) is 0 Å². The molecule has 0 radical (unpaired) electrons. The van der Waals surface area contributed by atoms with E-state index in [-0.39, 0.29) is 0 Å². The van der Waals surface area contributed by atoms with Crippen LogP contribution in [0.5, 0.6) is 0 Å². The first-order chi connectivity index (χ1) is 6.21. The number of rotatable bonds is 4. The minimum Gasteiger partial charge on any atom is -0.155 e. The number of hydrogen-bond acceptors (Lipinski definition) is 1. The Hall–Kier alpha value is 0.350. The molecule has 1 heterocycles. The first-order valence-electron chi connectivity index (χ1n) is 5.85. The van der Waals surface area contributed by atoms with E-state index in [1.807, 2.05) is 0 Å². The third kappa shape index (κ3) is 2.90. The van der Waals surface area contributed by atoms with Crippen molar-refractivity contribution < 1.29 is 0 Å². The maximum absolute atomic E-state index is 2.41. The summed E-state index contributed by atoms with van der Waals surface area (Å²) in [6.45, 7) is 7.13. The van der Waals surface area contributed by atoms with E-state index in [9.17, 15) is 0 Å².